The molecule has 15 heavy (non-hydrogen) atoms. The van der Waals surface area contributed by atoms with E-state index in [0.29, 0.717) is 0 Å². The van der Waals surface area contributed by atoms with Gasteiger partial charge in [-0.25, -0.2) is 4.79 Å². The molecule has 0 saturated heterocycles. The first-order chi connectivity index (χ1) is 7.29. The Hall–Kier alpha value is -2.28. The highest BCUT2D eigenvalue weighted by molar-refractivity contribution is 5.76. The molecule has 0 amide bonds. The van der Waals surface area contributed by atoms with E-state index in [1.807, 2.05) is 0 Å². The predicted octanol–water partition coefficient (Wildman–Crippen LogP) is 0.797. The molecule has 1 aromatic carbocycles. The van der Waals surface area contributed by atoms with Crippen molar-refractivity contribution < 1.29 is 4.79 Å². The third kappa shape index (κ3) is 1.97. The molecular weight excluding hydrogens is 192 g/mol. The lowest BCUT2D eigenvalue weighted by molar-refractivity contribution is -0.107. The number of carbonyl (C=O) groups excluding carboxylic acids is 1. The summed E-state index contributed by atoms with van der Waals surface area (Å²) in [5.74, 6) is 5.53. The smallest absolute Gasteiger partial charge is 0.306 e. The summed E-state index contributed by atoms with van der Waals surface area (Å²) in [4.78, 5) is 26.3. The number of aldehydes is 1. The zero-order chi connectivity index (χ0) is 10.7. The van der Waals surface area contributed by atoms with Gasteiger partial charge in [0.15, 0.2) is 0 Å². The lowest BCUT2D eigenvalue weighted by Crippen LogP contribution is -1.99. The van der Waals surface area contributed by atoms with Crippen LogP contribution in [0.2, 0.25) is 0 Å². The second kappa shape index (κ2) is 3.84. The van der Waals surface area contributed by atoms with E-state index in [1.165, 1.54) is 0 Å². The van der Waals surface area contributed by atoms with Crippen LogP contribution in [0.25, 0.3) is 11.0 Å². The molecule has 0 aliphatic carbocycles. The van der Waals surface area contributed by atoms with E-state index in [1.54, 1.807) is 18.2 Å². The van der Waals surface area contributed by atoms with Crippen LogP contribution in [0.4, 0.5) is 0 Å². The van der Waals surface area contributed by atoms with E-state index in [2.05, 4.69) is 21.8 Å². The molecule has 0 aliphatic heterocycles. The van der Waals surface area contributed by atoms with Crippen molar-refractivity contribution in [3.8, 4) is 11.8 Å². The molecule has 0 spiro atoms. The highest BCUT2D eigenvalue weighted by atomic mass is 16.1. The Bertz CT molecular complexity index is 611. The van der Waals surface area contributed by atoms with Crippen molar-refractivity contribution in [2.75, 3.05) is 0 Å². The molecule has 2 rings (SSSR count). The topological polar surface area (TPSA) is 65.7 Å². The molecule has 0 aliphatic rings. The third-order valence-electron chi connectivity index (χ3n) is 1.93. The number of aromatic nitrogens is 2. The number of imidazole rings is 1. The van der Waals surface area contributed by atoms with Crippen molar-refractivity contribution >= 4 is 17.3 Å². The summed E-state index contributed by atoms with van der Waals surface area (Å²) in [6.45, 7) is 0. The molecule has 74 valence electrons. The average molecular weight is 200 g/mol. The van der Waals surface area contributed by atoms with Crippen molar-refractivity contribution in [1.29, 1.82) is 0 Å². The molecule has 4 heteroatoms. The van der Waals surface area contributed by atoms with Crippen molar-refractivity contribution in [2.45, 2.75) is 6.42 Å². The summed E-state index contributed by atoms with van der Waals surface area (Å²) < 4.78 is 0. The first kappa shape index (κ1) is 9.28. The standard InChI is InChI=1S/C11H8N2O2/c14-6-2-1-3-8-4-5-9-10(7-8)13-11(15)12-9/h4-7H,2H2,(H2,12,13,15). The lowest BCUT2D eigenvalue weighted by atomic mass is 10.2. The largest absolute Gasteiger partial charge is 0.323 e. The molecule has 0 radical (unpaired) electrons. The molecule has 1 heterocycles. The van der Waals surface area contributed by atoms with Gasteiger partial charge in [-0.15, -0.1) is 0 Å². The first-order valence-electron chi connectivity index (χ1n) is 4.44. The van der Waals surface area contributed by atoms with E-state index in [9.17, 15) is 9.59 Å². The number of H-pyrrole nitrogens is 2. The van der Waals surface area contributed by atoms with Gasteiger partial charge in [0, 0.05) is 5.56 Å². The number of hydrogen-bond donors (Lipinski definition) is 2. The highest BCUT2D eigenvalue weighted by Gasteiger charge is 1.97. The zero-order valence-electron chi connectivity index (χ0n) is 7.83. The minimum Gasteiger partial charge on any atom is -0.306 e. The lowest BCUT2D eigenvalue weighted by Gasteiger charge is -1.90. The summed E-state index contributed by atoms with van der Waals surface area (Å²) >= 11 is 0. The molecule has 1 aromatic heterocycles. The Labute approximate surface area is 85.3 Å². The molecule has 2 N–H and O–H groups in total. The molecular formula is C11H8N2O2. The second-order valence-electron chi connectivity index (χ2n) is 3.01. The van der Waals surface area contributed by atoms with Crippen LogP contribution in [0.15, 0.2) is 23.0 Å². The molecule has 0 bridgehead atoms. The average Bonchev–Trinajstić information content (AvgIpc) is 2.57. The van der Waals surface area contributed by atoms with Crippen LogP contribution in [-0.2, 0) is 4.79 Å². The van der Waals surface area contributed by atoms with Crippen LogP contribution in [0, 0.1) is 11.8 Å². The van der Waals surface area contributed by atoms with Crippen LogP contribution in [0.5, 0.6) is 0 Å². The van der Waals surface area contributed by atoms with Crippen molar-refractivity contribution in [3.05, 3.63) is 34.2 Å². The fourth-order valence-corrected chi connectivity index (χ4v) is 1.31. The van der Waals surface area contributed by atoms with Crippen LogP contribution in [0.3, 0.4) is 0 Å². The molecule has 0 saturated carbocycles. The van der Waals surface area contributed by atoms with Crippen molar-refractivity contribution in [3.63, 3.8) is 0 Å². The molecule has 0 atom stereocenters. The number of carbonyl (C=O) groups is 1. The van der Waals surface area contributed by atoms with E-state index >= 15 is 0 Å². The predicted molar refractivity (Wildman–Crippen MR) is 56.5 cm³/mol. The molecule has 0 unspecified atom stereocenters. The number of nitrogens with one attached hydrogen (secondary N) is 2. The SMILES string of the molecule is O=CCC#Cc1ccc2[nH]c(=O)[nH]c2c1. The van der Waals surface area contributed by atoms with Gasteiger partial charge < -0.3 is 14.8 Å². The highest BCUT2D eigenvalue weighted by Crippen LogP contribution is 2.08. The van der Waals surface area contributed by atoms with Crippen LogP contribution < -0.4 is 5.69 Å². The first-order valence-corrected chi connectivity index (χ1v) is 4.44. The van der Waals surface area contributed by atoms with Crippen LogP contribution in [0.1, 0.15) is 12.0 Å². The molecule has 4 nitrogen and oxygen atoms in total. The van der Waals surface area contributed by atoms with Gasteiger partial charge in [-0.1, -0.05) is 11.8 Å². The van der Waals surface area contributed by atoms with Crippen molar-refractivity contribution in [2.24, 2.45) is 0 Å². The Kier molecular flexibility index (Phi) is 2.38. The minimum absolute atomic E-state index is 0.224. The van der Waals surface area contributed by atoms with Gasteiger partial charge in [0.05, 0.1) is 17.5 Å². The van der Waals surface area contributed by atoms with Gasteiger partial charge in [0.25, 0.3) is 0 Å². The van der Waals surface area contributed by atoms with E-state index < -0.39 is 0 Å². The monoisotopic (exact) mass is 200 g/mol. The van der Waals surface area contributed by atoms with Gasteiger partial charge in [-0.2, -0.15) is 0 Å². The summed E-state index contributed by atoms with van der Waals surface area (Å²) in [6, 6.07) is 5.34. The van der Waals surface area contributed by atoms with Crippen molar-refractivity contribution in [1.82, 2.24) is 9.97 Å². The van der Waals surface area contributed by atoms with Gasteiger partial charge in [-0.3, -0.25) is 0 Å². The van der Waals surface area contributed by atoms with Crippen LogP contribution >= 0.6 is 0 Å². The number of aromatic amines is 2. The number of hydrogen-bond acceptors (Lipinski definition) is 2. The van der Waals surface area contributed by atoms with Gasteiger partial charge in [0.1, 0.15) is 6.29 Å². The molecule has 2 aromatic rings. The fraction of sp³-hybridized carbons (Fsp3) is 0.0909. The van der Waals surface area contributed by atoms with E-state index in [0.717, 1.165) is 22.9 Å². The van der Waals surface area contributed by atoms with E-state index in [4.69, 9.17) is 0 Å². The summed E-state index contributed by atoms with van der Waals surface area (Å²) in [6.07, 6.45) is 0.978. The number of rotatable bonds is 1. The Balaban J connectivity index is 2.43. The normalized spacial score (nSPS) is 9.60. The second-order valence-corrected chi connectivity index (χ2v) is 3.01. The maximum Gasteiger partial charge on any atom is 0.323 e. The van der Waals surface area contributed by atoms with E-state index in [-0.39, 0.29) is 12.1 Å². The number of benzene rings is 1. The van der Waals surface area contributed by atoms with Gasteiger partial charge in [-0.05, 0) is 18.2 Å². The fourth-order valence-electron chi connectivity index (χ4n) is 1.31. The Morgan fingerprint density at radius 3 is 2.87 bits per heavy atom. The van der Waals surface area contributed by atoms with Gasteiger partial charge >= 0.3 is 5.69 Å². The van der Waals surface area contributed by atoms with Gasteiger partial charge in [0.2, 0.25) is 0 Å². The minimum atomic E-state index is -0.233. The third-order valence-corrected chi connectivity index (χ3v) is 1.93. The Morgan fingerprint density at radius 2 is 2.07 bits per heavy atom. The maximum atomic E-state index is 11.0. The molecule has 0 fully saturated rings. The number of fused-ring (bicyclic) bond motifs is 1. The summed E-state index contributed by atoms with van der Waals surface area (Å²) in [7, 11) is 0. The maximum absolute atomic E-state index is 11.0. The quantitative estimate of drug-likeness (QED) is 0.528. The summed E-state index contributed by atoms with van der Waals surface area (Å²) in [5.41, 5.74) is 2.02. The summed E-state index contributed by atoms with van der Waals surface area (Å²) in [5, 5.41) is 0. The van der Waals surface area contributed by atoms with Crippen LogP contribution in [-0.4, -0.2) is 16.3 Å². The Morgan fingerprint density at radius 1 is 1.27 bits per heavy atom. The zero-order valence-corrected chi connectivity index (χ0v) is 7.83.